The Balaban J connectivity index is 1.26. The van der Waals surface area contributed by atoms with Gasteiger partial charge in [0.25, 0.3) is 0 Å². The smallest absolute Gasteiger partial charge is 0.120 e. The molecular weight excluding hydrogens is 406 g/mol. The summed E-state index contributed by atoms with van der Waals surface area (Å²) >= 11 is 0. The van der Waals surface area contributed by atoms with E-state index in [0.717, 1.165) is 54.3 Å². The van der Waals surface area contributed by atoms with E-state index in [2.05, 4.69) is 77.5 Å². The van der Waals surface area contributed by atoms with Crippen molar-refractivity contribution in [3.05, 3.63) is 103 Å². The van der Waals surface area contributed by atoms with Crippen molar-refractivity contribution in [3.63, 3.8) is 0 Å². The van der Waals surface area contributed by atoms with E-state index >= 15 is 0 Å². The Morgan fingerprint density at radius 2 is 1.48 bits per heavy atom. The number of anilines is 1. The molecular formula is C29H29N3O. The predicted molar refractivity (Wildman–Crippen MR) is 136 cm³/mol. The Morgan fingerprint density at radius 3 is 2.21 bits per heavy atom. The first-order chi connectivity index (χ1) is 16.2. The van der Waals surface area contributed by atoms with E-state index in [-0.39, 0.29) is 0 Å². The van der Waals surface area contributed by atoms with Crippen molar-refractivity contribution in [1.29, 1.82) is 0 Å². The standard InChI is InChI=1S/C29H29N3O/c1-31-16-18-32(19-17-31)27-13-10-24(11-14-27)26-12-15-29(30-21-26)25-8-5-9-28(20-25)33-22-23-6-3-2-4-7-23/h2-15,20-21H,16-19,22H2,1H3. The van der Waals surface area contributed by atoms with E-state index in [0.29, 0.717) is 6.61 Å². The third kappa shape index (κ3) is 5.24. The molecule has 4 nitrogen and oxygen atoms in total. The summed E-state index contributed by atoms with van der Waals surface area (Å²) in [4.78, 5) is 9.57. The summed E-state index contributed by atoms with van der Waals surface area (Å²) in [6.07, 6.45) is 1.96. The maximum Gasteiger partial charge on any atom is 0.120 e. The molecule has 0 N–H and O–H groups in total. The Morgan fingerprint density at radius 1 is 0.727 bits per heavy atom. The highest BCUT2D eigenvalue weighted by atomic mass is 16.5. The van der Waals surface area contributed by atoms with E-state index < -0.39 is 0 Å². The number of ether oxygens (including phenoxy) is 1. The molecule has 4 heteroatoms. The van der Waals surface area contributed by atoms with Gasteiger partial charge in [0.15, 0.2) is 0 Å². The SMILES string of the molecule is CN1CCN(c2ccc(-c3ccc(-c4cccc(OCc5ccccc5)c4)nc3)cc2)CC1. The molecule has 33 heavy (non-hydrogen) atoms. The van der Waals surface area contributed by atoms with Crippen LogP contribution in [0.4, 0.5) is 5.69 Å². The van der Waals surface area contributed by atoms with E-state index in [1.54, 1.807) is 0 Å². The van der Waals surface area contributed by atoms with Gasteiger partial charge in [-0.25, -0.2) is 0 Å². The quantitative estimate of drug-likeness (QED) is 0.386. The van der Waals surface area contributed by atoms with Crippen molar-refractivity contribution in [2.75, 3.05) is 38.1 Å². The summed E-state index contributed by atoms with van der Waals surface area (Å²) in [6, 6.07) is 31.4. The number of nitrogens with zero attached hydrogens (tertiary/aromatic N) is 3. The molecule has 0 unspecified atom stereocenters. The fraction of sp³-hybridized carbons (Fsp3) is 0.207. The molecule has 0 radical (unpaired) electrons. The average molecular weight is 436 g/mol. The van der Waals surface area contributed by atoms with E-state index in [1.165, 1.54) is 11.3 Å². The monoisotopic (exact) mass is 435 g/mol. The maximum absolute atomic E-state index is 5.98. The summed E-state index contributed by atoms with van der Waals surface area (Å²) in [5, 5.41) is 0. The topological polar surface area (TPSA) is 28.6 Å². The zero-order valence-corrected chi connectivity index (χ0v) is 19.0. The molecule has 1 saturated heterocycles. The Kier molecular flexibility index (Phi) is 6.36. The van der Waals surface area contributed by atoms with Crippen molar-refractivity contribution in [1.82, 2.24) is 9.88 Å². The van der Waals surface area contributed by atoms with Crippen LogP contribution < -0.4 is 9.64 Å². The van der Waals surface area contributed by atoms with Crippen LogP contribution in [0.25, 0.3) is 22.4 Å². The van der Waals surface area contributed by atoms with E-state index in [4.69, 9.17) is 9.72 Å². The van der Waals surface area contributed by atoms with Gasteiger partial charge in [-0.3, -0.25) is 4.98 Å². The highest BCUT2D eigenvalue weighted by Gasteiger charge is 2.14. The Labute approximate surface area is 196 Å². The van der Waals surface area contributed by atoms with Gasteiger partial charge in [-0.05, 0) is 48.5 Å². The van der Waals surface area contributed by atoms with E-state index in [9.17, 15) is 0 Å². The van der Waals surface area contributed by atoms with Crippen molar-refractivity contribution in [2.45, 2.75) is 6.61 Å². The van der Waals surface area contributed by atoms with Crippen molar-refractivity contribution >= 4 is 5.69 Å². The summed E-state index contributed by atoms with van der Waals surface area (Å²) in [7, 11) is 2.19. The van der Waals surface area contributed by atoms with Crippen molar-refractivity contribution in [3.8, 4) is 28.1 Å². The van der Waals surface area contributed by atoms with E-state index in [1.807, 2.05) is 36.5 Å². The van der Waals surface area contributed by atoms with Crippen molar-refractivity contribution in [2.24, 2.45) is 0 Å². The largest absolute Gasteiger partial charge is 0.489 e. The Hall–Kier alpha value is -3.63. The lowest BCUT2D eigenvalue weighted by Gasteiger charge is -2.34. The van der Waals surface area contributed by atoms with Crippen LogP contribution in [-0.2, 0) is 6.61 Å². The molecule has 2 heterocycles. The fourth-order valence-electron chi connectivity index (χ4n) is 4.15. The highest BCUT2D eigenvalue weighted by Crippen LogP contribution is 2.27. The molecule has 166 valence electrons. The lowest BCUT2D eigenvalue weighted by molar-refractivity contribution is 0.306. The second-order valence-electron chi connectivity index (χ2n) is 8.57. The van der Waals surface area contributed by atoms with Crippen LogP contribution in [0.5, 0.6) is 5.75 Å². The predicted octanol–water partition coefficient (Wildman–Crippen LogP) is 5.75. The van der Waals surface area contributed by atoms with Gasteiger partial charge in [0.2, 0.25) is 0 Å². The number of likely N-dealkylation sites (N-methyl/N-ethyl adjacent to an activating group) is 1. The molecule has 1 aliphatic rings. The lowest BCUT2D eigenvalue weighted by atomic mass is 10.0. The van der Waals surface area contributed by atoms with Crippen LogP contribution in [-0.4, -0.2) is 43.1 Å². The molecule has 4 aromatic rings. The molecule has 0 atom stereocenters. The fourth-order valence-corrected chi connectivity index (χ4v) is 4.15. The summed E-state index contributed by atoms with van der Waals surface area (Å²) in [6.45, 7) is 4.96. The molecule has 1 aromatic heterocycles. The average Bonchev–Trinajstić information content (AvgIpc) is 2.89. The number of pyridine rings is 1. The molecule has 0 aliphatic carbocycles. The van der Waals surface area contributed by atoms with Gasteiger partial charge >= 0.3 is 0 Å². The first-order valence-corrected chi connectivity index (χ1v) is 11.5. The second-order valence-corrected chi connectivity index (χ2v) is 8.57. The van der Waals surface area contributed by atoms with Crippen LogP contribution >= 0.6 is 0 Å². The van der Waals surface area contributed by atoms with Gasteiger partial charge < -0.3 is 14.5 Å². The molecule has 1 aliphatic heterocycles. The van der Waals surface area contributed by atoms with Gasteiger partial charge in [-0.2, -0.15) is 0 Å². The summed E-state index contributed by atoms with van der Waals surface area (Å²) in [5.74, 6) is 0.849. The highest BCUT2D eigenvalue weighted by molar-refractivity contribution is 5.69. The van der Waals surface area contributed by atoms with Crippen LogP contribution in [0.3, 0.4) is 0 Å². The number of aromatic nitrogens is 1. The summed E-state index contributed by atoms with van der Waals surface area (Å²) in [5.41, 5.74) is 6.76. The van der Waals surface area contributed by atoms with Gasteiger partial charge in [0.1, 0.15) is 12.4 Å². The first-order valence-electron chi connectivity index (χ1n) is 11.5. The van der Waals surface area contributed by atoms with Gasteiger partial charge in [0, 0.05) is 49.2 Å². The minimum atomic E-state index is 0.556. The lowest BCUT2D eigenvalue weighted by Crippen LogP contribution is -2.44. The second kappa shape index (κ2) is 9.88. The molecule has 3 aromatic carbocycles. The zero-order chi connectivity index (χ0) is 22.5. The number of benzene rings is 3. The molecule has 0 amide bonds. The van der Waals surface area contributed by atoms with Gasteiger partial charge in [-0.1, -0.05) is 60.7 Å². The molecule has 0 bridgehead atoms. The molecule has 0 spiro atoms. The van der Waals surface area contributed by atoms with Crippen LogP contribution in [0.1, 0.15) is 5.56 Å². The minimum absolute atomic E-state index is 0.556. The maximum atomic E-state index is 5.98. The molecule has 5 rings (SSSR count). The first kappa shape index (κ1) is 21.2. The van der Waals surface area contributed by atoms with Gasteiger partial charge in [0.05, 0.1) is 5.69 Å². The molecule has 0 saturated carbocycles. The summed E-state index contributed by atoms with van der Waals surface area (Å²) < 4.78 is 5.98. The normalized spacial score (nSPS) is 14.3. The number of hydrogen-bond donors (Lipinski definition) is 0. The zero-order valence-electron chi connectivity index (χ0n) is 19.0. The third-order valence-electron chi connectivity index (χ3n) is 6.21. The number of piperazine rings is 1. The number of hydrogen-bond acceptors (Lipinski definition) is 4. The van der Waals surface area contributed by atoms with Crippen LogP contribution in [0.15, 0.2) is 97.2 Å². The Bertz CT molecular complexity index is 1170. The van der Waals surface area contributed by atoms with Crippen molar-refractivity contribution < 1.29 is 4.74 Å². The third-order valence-corrected chi connectivity index (χ3v) is 6.21. The van der Waals surface area contributed by atoms with Crippen LogP contribution in [0.2, 0.25) is 0 Å². The minimum Gasteiger partial charge on any atom is -0.489 e. The van der Waals surface area contributed by atoms with Crippen LogP contribution in [0, 0.1) is 0 Å². The number of rotatable bonds is 6. The molecule has 1 fully saturated rings. The van der Waals surface area contributed by atoms with Gasteiger partial charge in [-0.15, -0.1) is 0 Å².